The topological polar surface area (TPSA) is 55.8 Å². The van der Waals surface area contributed by atoms with Gasteiger partial charge in [0, 0.05) is 10.6 Å². The second-order valence-corrected chi connectivity index (χ2v) is 8.29. The number of hydrogen-bond donors (Lipinski definition) is 0. The number of carbonyl (C=O) groups excluding carboxylic acids is 2. The van der Waals surface area contributed by atoms with Gasteiger partial charge in [-0.3, -0.25) is 9.59 Å². The molecule has 7 heteroatoms. The molecule has 3 aromatic rings. The average molecular weight is 466 g/mol. The van der Waals surface area contributed by atoms with Gasteiger partial charge in [0.25, 0.3) is 11.1 Å². The molecule has 5 nitrogen and oxygen atoms in total. The quantitative estimate of drug-likeness (QED) is 0.370. The molecule has 3 aromatic carbocycles. The Morgan fingerprint density at radius 2 is 1.56 bits per heavy atom. The molecule has 2 amide bonds. The smallest absolute Gasteiger partial charge is 0.298 e. The van der Waals surface area contributed by atoms with Gasteiger partial charge in [-0.2, -0.15) is 0 Å². The van der Waals surface area contributed by atoms with Gasteiger partial charge >= 0.3 is 0 Å². The van der Waals surface area contributed by atoms with E-state index in [0.29, 0.717) is 40.3 Å². The number of anilines is 1. The van der Waals surface area contributed by atoms with Crippen LogP contribution in [0.5, 0.6) is 11.5 Å². The summed E-state index contributed by atoms with van der Waals surface area (Å²) in [6.07, 6.45) is 1.71. The fourth-order valence-electron chi connectivity index (χ4n) is 3.14. The van der Waals surface area contributed by atoms with E-state index in [1.165, 1.54) is 4.90 Å². The summed E-state index contributed by atoms with van der Waals surface area (Å²) in [7, 11) is 0. The summed E-state index contributed by atoms with van der Waals surface area (Å²) in [5.74, 6) is 1.03. The zero-order chi connectivity index (χ0) is 22.5. The van der Waals surface area contributed by atoms with Crippen LogP contribution in [0.15, 0.2) is 77.7 Å². The molecule has 0 bridgehead atoms. The van der Waals surface area contributed by atoms with Gasteiger partial charge < -0.3 is 9.47 Å². The maximum Gasteiger partial charge on any atom is 0.298 e. The number of halogens is 1. The lowest BCUT2D eigenvalue weighted by atomic mass is 10.2. The zero-order valence-corrected chi connectivity index (χ0v) is 18.9. The summed E-state index contributed by atoms with van der Waals surface area (Å²) in [6.45, 7) is 2.81. The number of carbonyl (C=O) groups is 2. The van der Waals surface area contributed by atoms with Gasteiger partial charge in [0.05, 0.1) is 17.2 Å². The fraction of sp³-hybridized carbons (Fsp3) is 0.120. The van der Waals surface area contributed by atoms with Crippen molar-refractivity contribution in [2.45, 2.75) is 13.5 Å². The van der Waals surface area contributed by atoms with Crippen molar-refractivity contribution < 1.29 is 19.1 Å². The molecule has 4 rings (SSSR count). The predicted molar refractivity (Wildman–Crippen MR) is 128 cm³/mol. The SMILES string of the molecule is CCOc1ccc(N2C(=O)S/C(=C\c3ccc(OCc4ccccc4Cl)cc3)C2=O)cc1. The summed E-state index contributed by atoms with van der Waals surface area (Å²) < 4.78 is 11.2. The first-order chi connectivity index (χ1) is 15.5. The number of hydrogen-bond acceptors (Lipinski definition) is 5. The number of rotatable bonds is 7. The van der Waals surface area contributed by atoms with E-state index < -0.39 is 0 Å². The van der Waals surface area contributed by atoms with E-state index in [1.807, 2.05) is 55.5 Å². The van der Waals surface area contributed by atoms with Gasteiger partial charge in [-0.15, -0.1) is 0 Å². The first-order valence-electron chi connectivity index (χ1n) is 10.0. The molecular weight excluding hydrogens is 446 g/mol. The Morgan fingerprint density at radius 3 is 2.25 bits per heavy atom. The summed E-state index contributed by atoms with van der Waals surface area (Å²) >= 11 is 7.08. The lowest BCUT2D eigenvalue weighted by molar-refractivity contribution is -0.113. The van der Waals surface area contributed by atoms with Gasteiger partial charge in [-0.05, 0) is 72.8 Å². The molecule has 0 atom stereocenters. The molecule has 0 radical (unpaired) electrons. The summed E-state index contributed by atoms with van der Waals surface area (Å²) in [5.41, 5.74) is 2.22. The Bertz CT molecular complexity index is 1160. The van der Waals surface area contributed by atoms with Crippen LogP contribution < -0.4 is 14.4 Å². The minimum atomic E-state index is -0.344. The molecule has 32 heavy (non-hydrogen) atoms. The van der Waals surface area contributed by atoms with Crippen molar-refractivity contribution in [3.8, 4) is 11.5 Å². The number of imide groups is 1. The van der Waals surface area contributed by atoms with E-state index in [0.717, 1.165) is 22.9 Å². The van der Waals surface area contributed by atoms with Gasteiger partial charge in [0.15, 0.2) is 0 Å². The number of thioether (sulfide) groups is 1. The molecule has 1 saturated heterocycles. The van der Waals surface area contributed by atoms with Crippen molar-refractivity contribution >= 4 is 46.3 Å². The standard InChI is InChI=1S/C25H20ClNO4S/c1-2-30-20-13-9-19(10-14-20)27-24(28)23(32-25(27)29)15-17-7-11-21(12-8-17)31-16-18-5-3-4-6-22(18)26/h3-15H,2,16H2,1H3/b23-15-. The number of ether oxygens (including phenoxy) is 2. The van der Waals surface area contributed by atoms with Crippen LogP contribution in [0.4, 0.5) is 10.5 Å². The van der Waals surface area contributed by atoms with Gasteiger partial charge in [-0.25, -0.2) is 4.90 Å². The van der Waals surface area contributed by atoms with Crippen LogP contribution in [0.1, 0.15) is 18.1 Å². The molecule has 0 unspecified atom stereocenters. The van der Waals surface area contributed by atoms with Gasteiger partial charge in [0.1, 0.15) is 18.1 Å². The molecular formula is C25H20ClNO4S. The first kappa shape index (κ1) is 22.0. The van der Waals surface area contributed by atoms with Gasteiger partial charge in [0.2, 0.25) is 0 Å². The molecule has 0 spiro atoms. The van der Waals surface area contributed by atoms with Crippen LogP contribution in [0.25, 0.3) is 6.08 Å². The van der Waals surface area contributed by atoms with Crippen molar-refractivity contribution in [3.63, 3.8) is 0 Å². The van der Waals surface area contributed by atoms with E-state index in [9.17, 15) is 9.59 Å². The lowest BCUT2D eigenvalue weighted by Crippen LogP contribution is -2.27. The molecule has 1 fully saturated rings. The molecule has 1 aliphatic rings. The highest BCUT2D eigenvalue weighted by atomic mass is 35.5. The third-order valence-corrected chi connectivity index (χ3v) is 5.97. The molecule has 0 aliphatic carbocycles. The Labute approximate surface area is 195 Å². The van der Waals surface area contributed by atoms with Crippen LogP contribution in [0.3, 0.4) is 0 Å². The second-order valence-electron chi connectivity index (χ2n) is 6.89. The second kappa shape index (κ2) is 9.94. The van der Waals surface area contributed by atoms with Crippen LogP contribution >= 0.6 is 23.4 Å². The fourth-order valence-corrected chi connectivity index (χ4v) is 4.17. The Balaban J connectivity index is 1.44. The van der Waals surface area contributed by atoms with E-state index in [1.54, 1.807) is 30.3 Å². The summed E-state index contributed by atoms with van der Waals surface area (Å²) in [4.78, 5) is 26.8. The van der Waals surface area contributed by atoms with Crippen molar-refractivity contribution in [1.82, 2.24) is 0 Å². The van der Waals surface area contributed by atoms with Crippen molar-refractivity contribution in [3.05, 3.63) is 93.9 Å². The van der Waals surface area contributed by atoms with Crippen LogP contribution in [0, 0.1) is 0 Å². The third-order valence-electron chi connectivity index (χ3n) is 4.73. The number of benzene rings is 3. The average Bonchev–Trinajstić information content (AvgIpc) is 3.08. The largest absolute Gasteiger partial charge is 0.494 e. The van der Waals surface area contributed by atoms with Gasteiger partial charge in [-0.1, -0.05) is 41.9 Å². The maximum absolute atomic E-state index is 12.8. The minimum Gasteiger partial charge on any atom is -0.494 e. The summed E-state index contributed by atoms with van der Waals surface area (Å²) in [5, 5.41) is 0.331. The highest BCUT2D eigenvalue weighted by Gasteiger charge is 2.36. The van der Waals surface area contributed by atoms with Crippen molar-refractivity contribution in [1.29, 1.82) is 0 Å². The van der Waals surface area contributed by atoms with Crippen LogP contribution in [-0.4, -0.2) is 17.8 Å². The normalized spacial score (nSPS) is 14.8. The predicted octanol–water partition coefficient (Wildman–Crippen LogP) is 6.56. The van der Waals surface area contributed by atoms with E-state index in [4.69, 9.17) is 21.1 Å². The van der Waals surface area contributed by atoms with E-state index in [2.05, 4.69) is 0 Å². The molecule has 1 aliphatic heterocycles. The molecule has 0 aromatic heterocycles. The lowest BCUT2D eigenvalue weighted by Gasteiger charge is -2.13. The zero-order valence-electron chi connectivity index (χ0n) is 17.3. The number of amides is 2. The van der Waals surface area contributed by atoms with E-state index in [-0.39, 0.29) is 11.1 Å². The van der Waals surface area contributed by atoms with E-state index >= 15 is 0 Å². The highest BCUT2D eigenvalue weighted by Crippen LogP contribution is 2.36. The first-order valence-corrected chi connectivity index (χ1v) is 11.2. The molecule has 0 N–H and O–H groups in total. The van der Waals surface area contributed by atoms with Crippen LogP contribution in [-0.2, 0) is 11.4 Å². The Morgan fingerprint density at radius 1 is 0.906 bits per heavy atom. The Kier molecular flexibility index (Phi) is 6.83. The number of nitrogens with zero attached hydrogens (tertiary/aromatic N) is 1. The van der Waals surface area contributed by atoms with Crippen molar-refractivity contribution in [2.24, 2.45) is 0 Å². The summed E-state index contributed by atoms with van der Waals surface area (Å²) in [6, 6.07) is 21.7. The molecule has 162 valence electrons. The monoisotopic (exact) mass is 465 g/mol. The Hall–Kier alpha value is -3.22. The molecule has 1 heterocycles. The minimum absolute atomic E-state index is 0.329. The molecule has 0 saturated carbocycles. The third kappa shape index (κ3) is 4.98. The highest BCUT2D eigenvalue weighted by molar-refractivity contribution is 8.19. The maximum atomic E-state index is 12.8. The van der Waals surface area contributed by atoms with Crippen molar-refractivity contribution in [2.75, 3.05) is 11.5 Å². The van der Waals surface area contributed by atoms with Crippen LogP contribution in [0.2, 0.25) is 5.02 Å².